The van der Waals surface area contributed by atoms with Crippen LogP contribution in [0.1, 0.15) is 46.5 Å². The van der Waals surface area contributed by atoms with Crippen molar-refractivity contribution in [1.82, 2.24) is 15.1 Å². The van der Waals surface area contributed by atoms with Gasteiger partial charge in [-0.25, -0.2) is 4.79 Å². The molecule has 0 aromatic heterocycles. The molecular weight excluding hydrogens is 367 g/mol. The Morgan fingerprint density at radius 2 is 1.48 bits per heavy atom. The Kier molecular flexibility index (Phi) is 8.36. The quantitative estimate of drug-likeness (QED) is 0.700. The first-order valence-electron chi connectivity index (χ1n) is 9.01. The van der Waals surface area contributed by atoms with Crippen molar-refractivity contribution in [2.75, 3.05) is 32.7 Å². The number of ether oxygens (including phenoxy) is 1. The summed E-state index contributed by atoms with van der Waals surface area (Å²) in [5.74, 6) is -1.99. The van der Waals surface area contributed by atoms with Crippen molar-refractivity contribution in [3.05, 3.63) is 0 Å². The van der Waals surface area contributed by atoms with Crippen LogP contribution >= 0.6 is 0 Å². The van der Waals surface area contributed by atoms with Crippen LogP contribution in [0.2, 0.25) is 0 Å². The minimum Gasteiger partial charge on any atom is -0.444 e. The minimum atomic E-state index is -4.86. The number of hydrogen-bond donors (Lipinski definition) is 1. The monoisotopic (exact) mass is 395 g/mol. The van der Waals surface area contributed by atoms with Crippen LogP contribution in [0.4, 0.5) is 18.0 Å². The average molecular weight is 395 g/mol. The van der Waals surface area contributed by atoms with Gasteiger partial charge in [0, 0.05) is 39.1 Å². The number of unbranched alkanes of at least 4 members (excludes halogenated alkanes) is 2. The Bertz CT molecular complexity index is 524. The summed E-state index contributed by atoms with van der Waals surface area (Å²) >= 11 is 0. The van der Waals surface area contributed by atoms with Gasteiger partial charge in [0.2, 0.25) is 5.91 Å². The summed E-state index contributed by atoms with van der Waals surface area (Å²) in [6.07, 6.45) is -3.51. The van der Waals surface area contributed by atoms with Gasteiger partial charge in [0.1, 0.15) is 5.60 Å². The molecule has 0 aliphatic carbocycles. The van der Waals surface area contributed by atoms with Crippen molar-refractivity contribution in [3.8, 4) is 0 Å². The lowest BCUT2D eigenvalue weighted by atomic mass is 10.1. The van der Waals surface area contributed by atoms with E-state index in [9.17, 15) is 27.6 Å². The van der Waals surface area contributed by atoms with Gasteiger partial charge in [-0.05, 0) is 33.6 Å². The van der Waals surface area contributed by atoms with Gasteiger partial charge in [-0.3, -0.25) is 9.59 Å². The molecule has 0 unspecified atom stereocenters. The Balaban J connectivity index is 2.17. The number of rotatable bonds is 6. The Hall–Kier alpha value is -2.00. The molecule has 1 N–H and O–H groups in total. The summed E-state index contributed by atoms with van der Waals surface area (Å²) in [6, 6.07) is 0. The zero-order chi connectivity index (χ0) is 20.7. The minimum absolute atomic E-state index is 0.0434. The molecule has 0 spiro atoms. The van der Waals surface area contributed by atoms with E-state index in [-0.39, 0.29) is 12.5 Å². The maximum absolute atomic E-state index is 12.1. The highest BCUT2D eigenvalue weighted by Crippen LogP contribution is 2.15. The summed E-state index contributed by atoms with van der Waals surface area (Å²) in [5, 5.41) is 1.80. The highest BCUT2D eigenvalue weighted by molar-refractivity contribution is 5.81. The van der Waals surface area contributed by atoms with Crippen LogP contribution in [-0.4, -0.2) is 72.2 Å². The third-order valence-corrected chi connectivity index (χ3v) is 3.89. The van der Waals surface area contributed by atoms with Gasteiger partial charge in [0.15, 0.2) is 0 Å². The number of nitrogens with one attached hydrogen (secondary N) is 1. The number of amides is 3. The van der Waals surface area contributed by atoms with Gasteiger partial charge in [0.25, 0.3) is 0 Å². The maximum Gasteiger partial charge on any atom is 0.471 e. The van der Waals surface area contributed by atoms with Crippen LogP contribution in [0.5, 0.6) is 0 Å². The van der Waals surface area contributed by atoms with Gasteiger partial charge >= 0.3 is 18.2 Å². The highest BCUT2D eigenvalue weighted by Gasteiger charge is 2.38. The first kappa shape index (κ1) is 23.0. The lowest BCUT2D eigenvalue weighted by Crippen LogP contribution is -2.51. The van der Waals surface area contributed by atoms with Crippen LogP contribution in [0.3, 0.4) is 0 Å². The molecule has 0 atom stereocenters. The second-order valence-electron chi connectivity index (χ2n) is 7.41. The van der Waals surface area contributed by atoms with Crippen LogP contribution in [-0.2, 0) is 14.3 Å². The van der Waals surface area contributed by atoms with E-state index in [1.54, 1.807) is 35.9 Å². The van der Waals surface area contributed by atoms with Gasteiger partial charge in [0.05, 0.1) is 0 Å². The van der Waals surface area contributed by atoms with E-state index in [0.29, 0.717) is 51.9 Å². The number of alkyl halides is 3. The number of carbonyl (C=O) groups excluding carboxylic acids is 3. The van der Waals surface area contributed by atoms with Crippen molar-refractivity contribution >= 4 is 17.9 Å². The van der Waals surface area contributed by atoms with Gasteiger partial charge in [-0.1, -0.05) is 6.42 Å². The molecule has 10 heteroatoms. The van der Waals surface area contributed by atoms with Crippen LogP contribution in [0.25, 0.3) is 0 Å². The van der Waals surface area contributed by atoms with Crippen molar-refractivity contribution in [2.24, 2.45) is 0 Å². The van der Waals surface area contributed by atoms with Crippen LogP contribution < -0.4 is 5.32 Å². The van der Waals surface area contributed by atoms with Crippen molar-refractivity contribution in [1.29, 1.82) is 0 Å². The van der Waals surface area contributed by atoms with Crippen molar-refractivity contribution in [2.45, 2.75) is 58.2 Å². The zero-order valence-corrected chi connectivity index (χ0v) is 16.0. The summed E-state index contributed by atoms with van der Waals surface area (Å²) in [4.78, 5) is 38.0. The molecule has 7 nitrogen and oxygen atoms in total. The van der Waals surface area contributed by atoms with E-state index < -0.39 is 23.8 Å². The van der Waals surface area contributed by atoms with E-state index in [2.05, 4.69) is 0 Å². The smallest absolute Gasteiger partial charge is 0.444 e. The molecule has 156 valence electrons. The number of hydrogen-bond acceptors (Lipinski definition) is 4. The topological polar surface area (TPSA) is 79.0 Å². The fraction of sp³-hybridized carbons (Fsp3) is 0.824. The molecule has 1 aliphatic heterocycles. The molecule has 0 aromatic carbocycles. The lowest BCUT2D eigenvalue weighted by Gasteiger charge is -2.35. The Labute approximate surface area is 157 Å². The van der Waals surface area contributed by atoms with E-state index in [1.165, 1.54) is 0 Å². The summed E-state index contributed by atoms with van der Waals surface area (Å²) < 4.78 is 41.3. The summed E-state index contributed by atoms with van der Waals surface area (Å²) in [6.45, 7) is 6.98. The predicted molar refractivity (Wildman–Crippen MR) is 91.9 cm³/mol. The van der Waals surface area contributed by atoms with Crippen LogP contribution in [0, 0.1) is 0 Å². The molecule has 3 amide bonds. The number of nitrogens with zero attached hydrogens (tertiary/aromatic N) is 2. The third kappa shape index (κ3) is 8.96. The number of carbonyl (C=O) groups is 3. The summed E-state index contributed by atoms with van der Waals surface area (Å²) in [5.41, 5.74) is -0.566. The molecule has 1 heterocycles. The van der Waals surface area contributed by atoms with Crippen molar-refractivity contribution < 1.29 is 32.3 Å². The van der Waals surface area contributed by atoms with E-state index >= 15 is 0 Å². The maximum atomic E-state index is 12.1. The molecular formula is C17H28F3N3O4. The van der Waals surface area contributed by atoms with Crippen LogP contribution in [0.15, 0.2) is 0 Å². The standard InChI is InChI=1S/C17H28F3N3O4/c1-16(2,3)27-15(26)23-11-9-22(10-12-23)13(24)7-5-4-6-8-21-14(25)17(18,19)20/h4-12H2,1-3H3,(H,21,25). The lowest BCUT2D eigenvalue weighted by molar-refractivity contribution is -0.173. The van der Waals surface area contributed by atoms with Crippen molar-refractivity contribution in [3.63, 3.8) is 0 Å². The fourth-order valence-electron chi connectivity index (χ4n) is 2.50. The van der Waals surface area contributed by atoms with E-state index in [1.807, 2.05) is 0 Å². The molecule has 0 aromatic rings. The summed E-state index contributed by atoms with van der Waals surface area (Å²) in [7, 11) is 0. The molecule has 27 heavy (non-hydrogen) atoms. The van der Waals surface area contributed by atoms with E-state index in [4.69, 9.17) is 4.74 Å². The average Bonchev–Trinajstić information content (AvgIpc) is 2.55. The Morgan fingerprint density at radius 1 is 0.926 bits per heavy atom. The third-order valence-electron chi connectivity index (χ3n) is 3.89. The van der Waals surface area contributed by atoms with E-state index in [0.717, 1.165) is 0 Å². The largest absolute Gasteiger partial charge is 0.471 e. The molecule has 0 bridgehead atoms. The molecule has 1 rings (SSSR count). The molecule has 1 aliphatic rings. The zero-order valence-electron chi connectivity index (χ0n) is 16.0. The molecule has 0 saturated carbocycles. The molecule has 1 fully saturated rings. The fourth-order valence-corrected chi connectivity index (χ4v) is 2.50. The number of halogens is 3. The highest BCUT2D eigenvalue weighted by atomic mass is 19.4. The van der Waals surface area contributed by atoms with Gasteiger partial charge in [-0.15, -0.1) is 0 Å². The first-order valence-corrected chi connectivity index (χ1v) is 9.01. The second-order valence-corrected chi connectivity index (χ2v) is 7.41. The SMILES string of the molecule is CC(C)(C)OC(=O)N1CCN(C(=O)CCCCCNC(=O)C(F)(F)F)CC1. The molecule has 0 radical (unpaired) electrons. The second kappa shape index (κ2) is 9.80. The Morgan fingerprint density at radius 3 is 2.00 bits per heavy atom. The van der Waals surface area contributed by atoms with Gasteiger partial charge < -0.3 is 19.9 Å². The normalized spacial score (nSPS) is 15.5. The first-order chi connectivity index (χ1) is 12.4. The predicted octanol–water partition coefficient (Wildman–Crippen LogP) is 2.30. The van der Waals surface area contributed by atoms with Gasteiger partial charge in [-0.2, -0.15) is 13.2 Å². The number of piperazine rings is 1. The molecule has 1 saturated heterocycles.